The van der Waals surface area contributed by atoms with Gasteiger partial charge in [-0.15, -0.1) is 0 Å². The summed E-state index contributed by atoms with van der Waals surface area (Å²) >= 11 is 0. The Morgan fingerprint density at radius 3 is 1.74 bits per heavy atom. The maximum atomic E-state index is 10.7. The Bertz CT molecular complexity index is 355. The molecule has 108 valence electrons. The summed E-state index contributed by atoms with van der Waals surface area (Å²) in [5.74, 6) is -5.76. The third kappa shape index (κ3) is 6.95. The van der Waals surface area contributed by atoms with Crippen molar-refractivity contribution in [2.75, 3.05) is 13.1 Å². The minimum atomic E-state index is -1.84. The average Bonchev–Trinajstić information content (AvgIpc) is 2.25. The number of carboxylic acids is 4. The van der Waals surface area contributed by atoms with Crippen molar-refractivity contribution >= 4 is 23.9 Å². The van der Waals surface area contributed by atoms with E-state index in [1.54, 1.807) is 0 Å². The lowest BCUT2D eigenvalue weighted by molar-refractivity contribution is -0.151. The van der Waals surface area contributed by atoms with Gasteiger partial charge in [-0.25, -0.2) is 9.59 Å². The van der Waals surface area contributed by atoms with Crippen molar-refractivity contribution in [1.82, 2.24) is 10.6 Å². The first-order valence-corrected chi connectivity index (χ1v) is 5.12. The summed E-state index contributed by atoms with van der Waals surface area (Å²) in [4.78, 5) is 42.0. The molecule has 0 aliphatic heterocycles. The monoisotopic (exact) mass is 278 g/mol. The van der Waals surface area contributed by atoms with Gasteiger partial charge >= 0.3 is 23.9 Å². The third-order valence-electron chi connectivity index (χ3n) is 2.07. The maximum absolute atomic E-state index is 10.7. The second kappa shape index (κ2) is 8.00. The number of carboxylic acid groups (broad SMARTS) is 4. The molecule has 0 saturated carbocycles. The molecule has 19 heavy (non-hydrogen) atoms. The van der Waals surface area contributed by atoms with Gasteiger partial charge in [0.15, 0.2) is 0 Å². The molecule has 1 atom stereocenters. The Kier molecular flexibility index (Phi) is 7.07. The normalized spacial score (nSPS) is 12.1. The Morgan fingerprint density at radius 1 is 0.842 bits per heavy atom. The van der Waals surface area contributed by atoms with Crippen molar-refractivity contribution in [2.45, 2.75) is 18.5 Å². The van der Waals surface area contributed by atoms with Crippen LogP contribution in [0.3, 0.4) is 0 Å². The van der Waals surface area contributed by atoms with Crippen LogP contribution in [0, 0.1) is 0 Å². The molecule has 0 amide bonds. The van der Waals surface area contributed by atoms with Crippen LogP contribution in [0.5, 0.6) is 0 Å². The molecule has 0 aromatic rings. The van der Waals surface area contributed by atoms with E-state index in [0.29, 0.717) is 0 Å². The first kappa shape index (κ1) is 16.8. The van der Waals surface area contributed by atoms with Gasteiger partial charge in [-0.3, -0.25) is 20.2 Å². The van der Waals surface area contributed by atoms with E-state index in [1.807, 2.05) is 0 Å². The lowest BCUT2D eigenvalue weighted by Gasteiger charge is -2.15. The van der Waals surface area contributed by atoms with Gasteiger partial charge in [0, 0.05) is 0 Å². The van der Waals surface area contributed by atoms with Crippen LogP contribution >= 0.6 is 0 Å². The SMILES string of the molecule is O=C(O)CNC(CCNC(C(=O)O)C(=O)O)C(=O)O. The maximum Gasteiger partial charge on any atom is 0.332 e. The van der Waals surface area contributed by atoms with E-state index in [2.05, 4.69) is 10.6 Å². The summed E-state index contributed by atoms with van der Waals surface area (Å²) in [6.07, 6.45) is -0.167. The highest BCUT2D eigenvalue weighted by molar-refractivity contribution is 5.97. The average molecular weight is 278 g/mol. The fourth-order valence-corrected chi connectivity index (χ4v) is 1.18. The standard InChI is InChI=1S/C9H14N2O8/c12-5(13)3-11-4(7(14)15)1-2-10-6(8(16)17)9(18)19/h4,6,10-11H,1-3H2,(H,12,13)(H,14,15)(H,16,17)(H,18,19). The quantitative estimate of drug-likeness (QED) is 0.237. The predicted octanol–water partition coefficient (Wildman–Crippen LogP) is -2.37. The van der Waals surface area contributed by atoms with E-state index in [0.717, 1.165) is 0 Å². The smallest absolute Gasteiger partial charge is 0.332 e. The van der Waals surface area contributed by atoms with Crippen LogP contribution in [0.4, 0.5) is 0 Å². The molecular formula is C9H14N2O8. The first-order chi connectivity index (χ1) is 8.75. The lowest BCUT2D eigenvalue weighted by Crippen LogP contribution is -2.47. The zero-order valence-electron chi connectivity index (χ0n) is 9.70. The van der Waals surface area contributed by atoms with Crippen molar-refractivity contribution in [2.24, 2.45) is 0 Å². The molecule has 0 heterocycles. The zero-order chi connectivity index (χ0) is 15.0. The number of hydrogen-bond donors (Lipinski definition) is 6. The molecular weight excluding hydrogens is 264 g/mol. The molecule has 0 aliphatic rings. The summed E-state index contributed by atoms with van der Waals surface area (Å²) in [5.41, 5.74) is 0. The first-order valence-electron chi connectivity index (χ1n) is 5.12. The minimum Gasteiger partial charge on any atom is -0.480 e. The van der Waals surface area contributed by atoms with Crippen molar-refractivity contribution in [1.29, 1.82) is 0 Å². The number of rotatable bonds is 10. The second-order valence-electron chi connectivity index (χ2n) is 3.52. The molecule has 0 bridgehead atoms. The summed E-state index contributed by atoms with van der Waals surface area (Å²) in [6, 6.07) is -3.05. The van der Waals surface area contributed by atoms with Crippen molar-refractivity contribution in [3.05, 3.63) is 0 Å². The van der Waals surface area contributed by atoms with E-state index < -0.39 is 42.5 Å². The van der Waals surface area contributed by atoms with Gasteiger partial charge in [-0.05, 0) is 13.0 Å². The highest BCUT2D eigenvalue weighted by Gasteiger charge is 2.26. The Balaban J connectivity index is 4.25. The van der Waals surface area contributed by atoms with E-state index >= 15 is 0 Å². The van der Waals surface area contributed by atoms with Crippen molar-refractivity contribution in [3.63, 3.8) is 0 Å². The molecule has 1 unspecified atom stereocenters. The van der Waals surface area contributed by atoms with Gasteiger partial charge in [0.2, 0.25) is 6.04 Å². The fraction of sp³-hybridized carbons (Fsp3) is 0.556. The molecule has 0 spiro atoms. The molecule has 6 N–H and O–H groups in total. The number of aliphatic carboxylic acids is 4. The molecule has 0 radical (unpaired) electrons. The number of hydrogen-bond acceptors (Lipinski definition) is 6. The second-order valence-corrected chi connectivity index (χ2v) is 3.52. The molecule has 0 aliphatic carbocycles. The van der Waals surface area contributed by atoms with Gasteiger partial charge in [0.05, 0.1) is 6.54 Å². The van der Waals surface area contributed by atoms with E-state index in [4.69, 9.17) is 20.4 Å². The summed E-state index contributed by atoms with van der Waals surface area (Å²) in [7, 11) is 0. The highest BCUT2D eigenvalue weighted by atomic mass is 16.4. The van der Waals surface area contributed by atoms with Crippen molar-refractivity contribution in [3.8, 4) is 0 Å². The molecule has 10 heteroatoms. The molecule has 0 rings (SSSR count). The molecule has 0 aromatic carbocycles. The largest absolute Gasteiger partial charge is 0.480 e. The van der Waals surface area contributed by atoms with Gasteiger partial charge in [-0.1, -0.05) is 0 Å². The Labute approximate surface area is 107 Å². The van der Waals surface area contributed by atoms with Gasteiger partial charge in [-0.2, -0.15) is 0 Å². The predicted molar refractivity (Wildman–Crippen MR) is 58.7 cm³/mol. The molecule has 10 nitrogen and oxygen atoms in total. The van der Waals surface area contributed by atoms with Gasteiger partial charge < -0.3 is 20.4 Å². The highest BCUT2D eigenvalue weighted by Crippen LogP contribution is 1.93. The Hall–Kier alpha value is -2.20. The van der Waals surface area contributed by atoms with Crippen LogP contribution in [0.2, 0.25) is 0 Å². The van der Waals surface area contributed by atoms with Crippen molar-refractivity contribution < 1.29 is 39.6 Å². The number of nitrogens with one attached hydrogen (secondary N) is 2. The Morgan fingerprint density at radius 2 is 1.37 bits per heavy atom. The summed E-state index contributed by atoms with van der Waals surface area (Å²) in [6.45, 7) is -0.787. The molecule has 0 fully saturated rings. The van der Waals surface area contributed by atoms with Crippen LogP contribution in [-0.2, 0) is 19.2 Å². The zero-order valence-corrected chi connectivity index (χ0v) is 9.70. The van der Waals surface area contributed by atoms with Crippen LogP contribution in [0.25, 0.3) is 0 Å². The summed E-state index contributed by atoms with van der Waals surface area (Å²) < 4.78 is 0. The minimum absolute atomic E-state index is 0.167. The lowest BCUT2D eigenvalue weighted by atomic mass is 10.2. The topological polar surface area (TPSA) is 173 Å². The number of carbonyl (C=O) groups is 4. The fourth-order valence-electron chi connectivity index (χ4n) is 1.18. The van der Waals surface area contributed by atoms with Gasteiger partial charge in [0.1, 0.15) is 6.04 Å². The van der Waals surface area contributed by atoms with Crippen LogP contribution in [0.1, 0.15) is 6.42 Å². The van der Waals surface area contributed by atoms with E-state index in [1.165, 1.54) is 0 Å². The van der Waals surface area contributed by atoms with Gasteiger partial charge in [0.25, 0.3) is 0 Å². The van der Waals surface area contributed by atoms with E-state index in [9.17, 15) is 19.2 Å². The molecule has 0 saturated heterocycles. The molecule has 0 aromatic heterocycles. The van der Waals surface area contributed by atoms with Crippen LogP contribution in [-0.4, -0.2) is 69.5 Å². The van der Waals surface area contributed by atoms with E-state index in [-0.39, 0.29) is 13.0 Å². The van der Waals surface area contributed by atoms with Crippen LogP contribution in [0.15, 0.2) is 0 Å². The third-order valence-corrected chi connectivity index (χ3v) is 2.07. The summed E-state index contributed by atoms with van der Waals surface area (Å²) in [5, 5.41) is 38.6. The van der Waals surface area contributed by atoms with Crippen LogP contribution < -0.4 is 10.6 Å².